The summed E-state index contributed by atoms with van der Waals surface area (Å²) in [6.45, 7) is 13.9. The van der Waals surface area contributed by atoms with Crippen LogP contribution in [0.3, 0.4) is 0 Å². The lowest BCUT2D eigenvalue weighted by atomic mass is 9.43. The van der Waals surface area contributed by atoms with Crippen molar-refractivity contribution in [2.24, 2.45) is 40.6 Å². The van der Waals surface area contributed by atoms with Gasteiger partial charge in [-0.3, -0.25) is 33.6 Å². The molecule has 1 heterocycles. The number of carbonyl (C=O) groups excluding carboxylic acids is 7. The van der Waals surface area contributed by atoms with Crippen LogP contribution in [0, 0.1) is 29.1 Å². The number of hydrogen-bond acceptors (Lipinski definition) is 11. The summed E-state index contributed by atoms with van der Waals surface area (Å²) in [4.78, 5) is 91.6. The topological polar surface area (TPSA) is 234 Å². The van der Waals surface area contributed by atoms with Crippen LogP contribution in [-0.4, -0.2) is 89.5 Å². The number of carbonyl (C=O) groups is 7. The number of aliphatic hydroxyl groups is 1. The van der Waals surface area contributed by atoms with E-state index in [1.807, 2.05) is 6.92 Å². The predicted molar refractivity (Wildman–Crippen MR) is 235 cm³/mol. The SMILES string of the molecule is CCCCCCCCCC(=O)CCCC(=O)C[C@@H](CCCCN)C(=O)N[C@H](C(=O)C[C@@H](C)C(=O)N[C@@H](CC(N)=O)C(=O)C[C@@H](C)B1OC2C[C@@H]3C[C@@H](C3(C)C)[C@]2(C)O1)[C@@H](C)O. The Hall–Kier alpha value is -3.01. The molecule has 3 amide bonds. The lowest BCUT2D eigenvalue weighted by Gasteiger charge is -2.64. The first-order valence-corrected chi connectivity index (χ1v) is 23.4. The number of amides is 3. The van der Waals surface area contributed by atoms with Crippen LogP contribution in [0.5, 0.6) is 0 Å². The van der Waals surface area contributed by atoms with E-state index >= 15 is 0 Å². The zero-order valence-corrected chi connectivity index (χ0v) is 38.4. The number of nitrogens with one attached hydrogen (secondary N) is 2. The summed E-state index contributed by atoms with van der Waals surface area (Å²) in [7, 11) is -0.624. The van der Waals surface area contributed by atoms with Crippen molar-refractivity contribution < 1.29 is 48.0 Å². The zero-order valence-electron chi connectivity index (χ0n) is 38.4. The Morgan fingerprint density at radius 1 is 0.754 bits per heavy atom. The van der Waals surface area contributed by atoms with Gasteiger partial charge in [-0.15, -0.1) is 0 Å². The molecule has 7 N–H and O–H groups in total. The van der Waals surface area contributed by atoms with Gasteiger partial charge >= 0.3 is 7.12 Å². The molecule has 10 atom stereocenters. The van der Waals surface area contributed by atoms with Gasteiger partial charge in [0.2, 0.25) is 17.7 Å². The second kappa shape index (κ2) is 24.7. The zero-order chi connectivity index (χ0) is 45.5. The minimum absolute atomic E-state index is 0.0427. The molecule has 4 aliphatic rings. The second-order valence-electron chi connectivity index (χ2n) is 19.5. The normalized spacial score (nSPS) is 24.3. The van der Waals surface area contributed by atoms with Crippen molar-refractivity contribution >= 4 is 48.0 Å². The summed E-state index contributed by atoms with van der Waals surface area (Å²) in [5.74, 6) is -4.32. The number of Topliss-reactive ketones (excluding diaryl/α,β-unsaturated/α-hetero) is 4. The predicted octanol–water partition coefficient (Wildman–Crippen LogP) is 5.47. The Balaban J connectivity index is 1.52. The number of primary amides is 1. The number of nitrogens with two attached hydrogens (primary N) is 2. The molecule has 3 saturated carbocycles. The molecule has 0 aromatic heterocycles. The summed E-state index contributed by atoms with van der Waals surface area (Å²) in [6, 6.07) is -2.60. The highest BCUT2D eigenvalue weighted by Gasteiger charge is 2.68. The number of ketones is 4. The third-order valence-electron chi connectivity index (χ3n) is 14.0. The highest BCUT2D eigenvalue weighted by atomic mass is 16.7. The summed E-state index contributed by atoms with van der Waals surface area (Å²) in [6.07, 6.45) is 10.5. The first-order valence-electron chi connectivity index (χ1n) is 23.4. The quantitative estimate of drug-likeness (QED) is 0.0420. The van der Waals surface area contributed by atoms with Crippen molar-refractivity contribution in [3.63, 3.8) is 0 Å². The molecular weight excluding hydrogens is 779 g/mol. The van der Waals surface area contributed by atoms with E-state index in [2.05, 4.69) is 38.3 Å². The van der Waals surface area contributed by atoms with Gasteiger partial charge in [0.1, 0.15) is 17.6 Å². The molecular formula is C46H79BN4O10. The molecule has 1 aliphatic heterocycles. The fourth-order valence-corrected chi connectivity index (χ4v) is 9.85. The molecule has 1 unspecified atom stereocenters. The summed E-state index contributed by atoms with van der Waals surface area (Å²) < 4.78 is 12.9. The van der Waals surface area contributed by atoms with E-state index in [4.69, 9.17) is 20.8 Å². The van der Waals surface area contributed by atoms with Crippen LogP contribution in [0.1, 0.15) is 177 Å². The minimum atomic E-state index is -1.36. The van der Waals surface area contributed by atoms with E-state index in [1.165, 1.54) is 39.5 Å². The number of hydrogen-bond donors (Lipinski definition) is 5. The van der Waals surface area contributed by atoms with Gasteiger partial charge in [0, 0.05) is 50.4 Å². The molecule has 14 nitrogen and oxygen atoms in total. The highest BCUT2D eigenvalue weighted by molar-refractivity contribution is 6.47. The first-order chi connectivity index (χ1) is 28.7. The van der Waals surface area contributed by atoms with Gasteiger partial charge in [0.05, 0.1) is 30.3 Å². The van der Waals surface area contributed by atoms with Crippen molar-refractivity contribution in [1.29, 1.82) is 0 Å². The van der Waals surface area contributed by atoms with Crippen molar-refractivity contribution in [3.8, 4) is 0 Å². The second-order valence-corrected chi connectivity index (χ2v) is 19.5. The Labute approximate surface area is 365 Å². The summed E-state index contributed by atoms with van der Waals surface area (Å²) in [5.41, 5.74) is 10.9. The maximum absolute atomic E-state index is 13.6. The summed E-state index contributed by atoms with van der Waals surface area (Å²) >= 11 is 0. The molecule has 61 heavy (non-hydrogen) atoms. The molecule has 2 bridgehead atoms. The molecule has 0 radical (unpaired) electrons. The van der Waals surface area contributed by atoms with Crippen LogP contribution in [0.4, 0.5) is 0 Å². The fraction of sp³-hybridized carbons (Fsp3) is 0.848. The van der Waals surface area contributed by atoms with Gasteiger partial charge in [-0.1, -0.05) is 79.6 Å². The number of unbranched alkanes of at least 4 members (excludes halogenated alkanes) is 7. The van der Waals surface area contributed by atoms with E-state index in [0.717, 1.165) is 32.1 Å². The van der Waals surface area contributed by atoms with Crippen molar-refractivity contribution in [2.75, 3.05) is 6.54 Å². The maximum atomic E-state index is 13.6. The highest BCUT2D eigenvalue weighted by Crippen LogP contribution is 2.66. The third-order valence-corrected chi connectivity index (χ3v) is 14.0. The third kappa shape index (κ3) is 15.3. The molecule has 346 valence electrons. The lowest BCUT2D eigenvalue weighted by molar-refractivity contribution is -0.199. The Morgan fingerprint density at radius 3 is 2.02 bits per heavy atom. The van der Waals surface area contributed by atoms with Gasteiger partial charge in [-0.05, 0) is 82.0 Å². The molecule has 4 rings (SSSR count). The minimum Gasteiger partial charge on any atom is -0.405 e. The van der Waals surface area contributed by atoms with Crippen molar-refractivity contribution in [1.82, 2.24) is 10.6 Å². The van der Waals surface area contributed by atoms with Gasteiger partial charge in [-0.2, -0.15) is 0 Å². The molecule has 4 fully saturated rings. The van der Waals surface area contributed by atoms with E-state index in [9.17, 15) is 38.7 Å². The molecule has 3 aliphatic carbocycles. The average Bonchev–Trinajstić information content (AvgIpc) is 3.56. The van der Waals surface area contributed by atoms with Crippen molar-refractivity contribution in [2.45, 2.75) is 213 Å². The maximum Gasteiger partial charge on any atom is 0.461 e. The van der Waals surface area contributed by atoms with E-state index in [0.29, 0.717) is 56.9 Å². The standard InChI is InChI=1S/C46H79BN4O10/c1-8-9-10-11-12-13-14-19-34(53)20-17-21-35(54)25-32(18-15-16-22-48)44(59)51-42(31(4)52)38(56)23-29(2)43(58)50-36(28-41(49)57)37(55)24-30(3)47-60-40-27-33-26-39(45(33,5)6)46(40,7)61-47/h29-33,36,39-40,42,52H,8-28,48H2,1-7H3,(H2,49,57)(H,50,58)(H,51,59)/t29-,30-,31-,32-,33+,36+,39+,40?,42+,46+/m1/s1. The van der Waals surface area contributed by atoms with Gasteiger partial charge in [0.25, 0.3) is 0 Å². The summed E-state index contributed by atoms with van der Waals surface area (Å²) in [5, 5.41) is 15.8. The molecule has 0 aromatic rings. The Bertz CT molecular complexity index is 1510. The lowest BCUT2D eigenvalue weighted by Crippen LogP contribution is -2.65. The molecule has 0 aromatic carbocycles. The smallest absolute Gasteiger partial charge is 0.405 e. The molecule has 0 spiro atoms. The molecule has 1 saturated heterocycles. The van der Waals surface area contributed by atoms with E-state index in [1.54, 1.807) is 0 Å². The van der Waals surface area contributed by atoms with Gasteiger partial charge < -0.3 is 36.5 Å². The van der Waals surface area contributed by atoms with E-state index < -0.39 is 78.5 Å². The van der Waals surface area contributed by atoms with Crippen LogP contribution in [0.2, 0.25) is 5.82 Å². The van der Waals surface area contributed by atoms with Crippen molar-refractivity contribution in [3.05, 3.63) is 0 Å². The van der Waals surface area contributed by atoms with Gasteiger partial charge in [0.15, 0.2) is 11.6 Å². The van der Waals surface area contributed by atoms with Crippen LogP contribution in [-0.2, 0) is 42.9 Å². The largest absolute Gasteiger partial charge is 0.461 e. The van der Waals surface area contributed by atoms with Crippen LogP contribution in [0.15, 0.2) is 0 Å². The number of aliphatic hydroxyl groups excluding tert-OH is 1. The van der Waals surface area contributed by atoms with Gasteiger partial charge in [-0.25, -0.2) is 0 Å². The monoisotopic (exact) mass is 859 g/mol. The first kappa shape index (κ1) is 52.3. The van der Waals surface area contributed by atoms with Crippen LogP contribution < -0.4 is 22.1 Å². The Kier molecular flexibility index (Phi) is 21.2. The Morgan fingerprint density at radius 2 is 1.39 bits per heavy atom. The number of rotatable bonds is 32. The fourth-order valence-electron chi connectivity index (χ4n) is 9.85. The van der Waals surface area contributed by atoms with E-state index in [-0.39, 0.29) is 54.6 Å². The van der Waals surface area contributed by atoms with Crippen LogP contribution >= 0.6 is 0 Å². The molecule has 15 heteroatoms. The van der Waals surface area contributed by atoms with Crippen LogP contribution in [0.25, 0.3) is 0 Å². The average molecular weight is 859 g/mol.